The normalized spacial score (nSPS) is 37.2. The van der Waals surface area contributed by atoms with Gasteiger partial charge in [-0.25, -0.2) is 4.98 Å². The summed E-state index contributed by atoms with van der Waals surface area (Å²) < 4.78 is 28.7. The van der Waals surface area contributed by atoms with Gasteiger partial charge in [0.05, 0.1) is 19.2 Å². The van der Waals surface area contributed by atoms with Crippen LogP contribution >= 0.6 is 0 Å². The van der Waals surface area contributed by atoms with E-state index < -0.39 is 12.2 Å². The molecule has 46 heavy (non-hydrogen) atoms. The zero-order valence-electron chi connectivity index (χ0n) is 28.9. The second-order valence-corrected chi connectivity index (χ2v) is 15.2. The lowest BCUT2D eigenvalue weighted by Crippen LogP contribution is -2.65. The molecule has 4 fully saturated rings. The van der Waals surface area contributed by atoms with Crippen molar-refractivity contribution in [3.8, 4) is 0 Å². The van der Waals surface area contributed by atoms with Crippen LogP contribution < -0.4 is 0 Å². The van der Waals surface area contributed by atoms with E-state index in [1.807, 2.05) is 6.92 Å². The van der Waals surface area contributed by atoms with E-state index in [9.17, 15) is 19.2 Å². The first kappa shape index (κ1) is 34.4. The van der Waals surface area contributed by atoms with Gasteiger partial charge in [-0.3, -0.25) is 19.2 Å². The molecular weight excluding hydrogens is 590 g/mol. The summed E-state index contributed by atoms with van der Waals surface area (Å²) in [6, 6.07) is 0. The van der Waals surface area contributed by atoms with E-state index in [-0.39, 0.29) is 59.1 Å². The number of aryl methyl sites for hydroxylation is 2. The van der Waals surface area contributed by atoms with Crippen LogP contribution in [-0.4, -0.2) is 54.3 Å². The monoisotopic (exact) mass is 643 g/mol. The summed E-state index contributed by atoms with van der Waals surface area (Å²) in [4.78, 5) is 53.5. The van der Waals surface area contributed by atoms with Gasteiger partial charge in [0.25, 0.3) is 0 Å². The maximum Gasteiger partial charge on any atom is 0.311 e. The Labute approximate surface area is 273 Å². The molecule has 0 aliphatic heterocycles. The van der Waals surface area contributed by atoms with E-state index in [4.69, 9.17) is 23.4 Å². The molecule has 11 atom stereocenters. The highest BCUT2D eigenvalue weighted by Gasteiger charge is 2.67. The summed E-state index contributed by atoms with van der Waals surface area (Å²) in [5.41, 5.74) is 0.541. The molecule has 0 N–H and O–H groups in total. The van der Waals surface area contributed by atoms with E-state index >= 15 is 0 Å². The molecule has 0 saturated heterocycles. The van der Waals surface area contributed by atoms with E-state index in [2.05, 4.69) is 25.8 Å². The fourth-order valence-corrected chi connectivity index (χ4v) is 10.7. The molecule has 1 heterocycles. The highest BCUT2D eigenvalue weighted by Crippen LogP contribution is 2.69. The SMILES string of the molecule is COC(=O)Cc1nc(CC[C@@H](C)[C@H]2CC[C@H]3[C@@H]4[C@H](OC(C)=O)[C@H](OC(C)=O)[C@@H]5C[C@H](OC(C)=O)CC[C@]5(C)[C@H]4CC[C@]23C)oc1C. The minimum Gasteiger partial charge on any atom is -0.469 e. The Bertz CT molecular complexity index is 1320. The molecule has 1 aromatic rings. The molecule has 0 amide bonds. The molecule has 256 valence electrons. The number of fused-ring (bicyclic) bond motifs is 5. The third-order valence-electron chi connectivity index (χ3n) is 12.6. The van der Waals surface area contributed by atoms with E-state index in [1.54, 1.807) is 0 Å². The summed E-state index contributed by atoms with van der Waals surface area (Å²) >= 11 is 0. The maximum absolute atomic E-state index is 12.7. The number of carbonyl (C=O) groups excluding carboxylic acids is 4. The minimum absolute atomic E-state index is 0.0421. The Morgan fingerprint density at radius 3 is 2.15 bits per heavy atom. The highest BCUT2D eigenvalue weighted by molar-refractivity contribution is 5.72. The smallest absolute Gasteiger partial charge is 0.311 e. The van der Waals surface area contributed by atoms with Crippen LogP contribution in [0.3, 0.4) is 0 Å². The average Bonchev–Trinajstić information content (AvgIpc) is 3.51. The van der Waals surface area contributed by atoms with Crippen LogP contribution in [0.5, 0.6) is 0 Å². The van der Waals surface area contributed by atoms with Crippen LogP contribution in [0.4, 0.5) is 0 Å². The maximum atomic E-state index is 12.7. The van der Waals surface area contributed by atoms with Gasteiger partial charge in [-0.1, -0.05) is 20.8 Å². The molecule has 4 aliphatic carbocycles. The van der Waals surface area contributed by atoms with Gasteiger partial charge in [0.2, 0.25) is 0 Å². The van der Waals surface area contributed by atoms with Crippen molar-refractivity contribution in [1.29, 1.82) is 0 Å². The Morgan fingerprint density at radius 1 is 0.870 bits per heavy atom. The first-order valence-corrected chi connectivity index (χ1v) is 17.2. The van der Waals surface area contributed by atoms with Crippen LogP contribution in [0.1, 0.15) is 110 Å². The lowest BCUT2D eigenvalue weighted by atomic mass is 9.43. The Kier molecular flexibility index (Phi) is 9.96. The van der Waals surface area contributed by atoms with E-state index in [0.29, 0.717) is 53.9 Å². The Balaban J connectivity index is 1.39. The Morgan fingerprint density at radius 2 is 1.50 bits per heavy atom. The van der Waals surface area contributed by atoms with Gasteiger partial charge in [-0.2, -0.15) is 0 Å². The third kappa shape index (κ3) is 6.46. The van der Waals surface area contributed by atoms with E-state index in [1.165, 1.54) is 27.9 Å². The van der Waals surface area contributed by atoms with Crippen molar-refractivity contribution in [3.63, 3.8) is 0 Å². The van der Waals surface area contributed by atoms with Gasteiger partial charge >= 0.3 is 23.9 Å². The Hall–Kier alpha value is -2.91. The summed E-state index contributed by atoms with van der Waals surface area (Å²) in [7, 11) is 1.37. The number of aromatic nitrogens is 1. The molecule has 10 nitrogen and oxygen atoms in total. The third-order valence-corrected chi connectivity index (χ3v) is 12.6. The fraction of sp³-hybridized carbons (Fsp3) is 0.806. The van der Waals surface area contributed by atoms with Gasteiger partial charge in [-0.15, -0.1) is 0 Å². The summed E-state index contributed by atoms with van der Waals surface area (Å²) in [5.74, 6) is 1.44. The van der Waals surface area contributed by atoms with E-state index in [0.717, 1.165) is 44.9 Å². The van der Waals surface area contributed by atoms with Gasteiger partial charge in [-0.05, 0) is 92.8 Å². The summed E-state index contributed by atoms with van der Waals surface area (Å²) in [6.45, 7) is 13.2. The number of hydrogen-bond donors (Lipinski definition) is 0. The topological polar surface area (TPSA) is 131 Å². The van der Waals surface area contributed by atoms with Crippen molar-refractivity contribution < 1.29 is 42.5 Å². The van der Waals surface area contributed by atoms with Crippen molar-refractivity contribution in [2.24, 2.45) is 46.3 Å². The van der Waals surface area contributed by atoms with Gasteiger partial charge in [0, 0.05) is 39.0 Å². The number of carbonyl (C=O) groups is 4. The van der Waals surface area contributed by atoms with Crippen molar-refractivity contribution in [2.45, 2.75) is 131 Å². The van der Waals surface area contributed by atoms with Crippen LogP contribution in [0.15, 0.2) is 4.42 Å². The zero-order chi connectivity index (χ0) is 33.6. The molecular formula is C36H53NO9. The molecule has 0 spiro atoms. The number of nitrogens with zero attached hydrogens (tertiary/aromatic N) is 1. The van der Waals surface area contributed by atoms with Crippen molar-refractivity contribution in [3.05, 3.63) is 17.3 Å². The number of methoxy groups -OCH3 is 1. The number of ether oxygens (including phenoxy) is 4. The molecule has 0 radical (unpaired) electrons. The van der Waals surface area contributed by atoms with Gasteiger partial charge < -0.3 is 23.4 Å². The molecule has 4 saturated carbocycles. The lowest BCUT2D eigenvalue weighted by Gasteiger charge is -2.64. The molecule has 10 heteroatoms. The zero-order valence-corrected chi connectivity index (χ0v) is 28.9. The largest absolute Gasteiger partial charge is 0.469 e. The number of oxazole rings is 1. The first-order valence-electron chi connectivity index (χ1n) is 17.2. The molecule has 0 bridgehead atoms. The van der Waals surface area contributed by atoms with Crippen LogP contribution in [0.2, 0.25) is 0 Å². The van der Waals surface area contributed by atoms with Crippen molar-refractivity contribution >= 4 is 23.9 Å². The summed E-state index contributed by atoms with van der Waals surface area (Å²) in [5, 5.41) is 0. The summed E-state index contributed by atoms with van der Waals surface area (Å²) in [6.07, 6.45) is 6.84. The minimum atomic E-state index is -0.586. The van der Waals surface area contributed by atoms with Crippen molar-refractivity contribution in [2.75, 3.05) is 7.11 Å². The fourth-order valence-electron chi connectivity index (χ4n) is 10.7. The van der Waals surface area contributed by atoms with Crippen LogP contribution in [0.25, 0.3) is 0 Å². The van der Waals surface area contributed by atoms with Crippen LogP contribution in [0, 0.1) is 53.3 Å². The average molecular weight is 644 g/mol. The quantitative estimate of drug-likeness (QED) is 0.235. The highest BCUT2D eigenvalue weighted by atomic mass is 16.6. The van der Waals surface area contributed by atoms with Gasteiger partial charge in [0.1, 0.15) is 24.1 Å². The first-order chi connectivity index (χ1) is 21.7. The second kappa shape index (κ2) is 13.3. The predicted octanol–water partition coefficient (Wildman–Crippen LogP) is 5.94. The predicted molar refractivity (Wildman–Crippen MR) is 167 cm³/mol. The molecule has 0 aromatic carbocycles. The molecule has 5 rings (SSSR count). The number of hydrogen-bond acceptors (Lipinski definition) is 10. The lowest BCUT2D eigenvalue weighted by molar-refractivity contribution is -0.242. The molecule has 1 aromatic heterocycles. The van der Waals surface area contributed by atoms with Crippen LogP contribution in [-0.2, 0) is 51.0 Å². The molecule has 0 unspecified atom stereocenters. The van der Waals surface area contributed by atoms with Gasteiger partial charge in [0.15, 0.2) is 5.89 Å². The molecule has 4 aliphatic rings. The second-order valence-electron chi connectivity index (χ2n) is 15.2. The van der Waals surface area contributed by atoms with Crippen molar-refractivity contribution in [1.82, 2.24) is 4.98 Å². The standard InChI is InChI=1S/C36H53NO9/c1-19(9-12-30-37-29(20(2)43-30)18-31(41)42-8)25-10-11-26-32-27(14-16-35(25,26)6)36(7)15-13-24(44-21(3)38)17-28(36)33(45-22(4)39)34(32)46-23(5)40/h19,24-28,32-34H,9-18H2,1-8H3/t19-,24-,25-,26+,27+,28+,32+,33-,34+,35-,36-/m1/s1. The number of esters is 4. The number of rotatable bonds is 9.